The number of benzene rings is 1. The quantitative estimate of drug-likeness (QED) is 0.700. The maximum absolute atomic E-state index is 8.77. The molecule has 0 radical (unpaired) electrons. The van der Waals surface area contributed by atoms with Gasteiger partial charge in [-0.3, -0.25) is 4.98 Å². The molecule has 1 aliphatic heterocycles. The van der Waals surface area contributed by atoms with E-state index < -0.39 is 0 Å². The minimum atomic E-state index is 0.405. The van der Waals surface area contributed by atoms with E-state index in [1.54, 1.807) is 12.4 Å². The van der Waals surface area contributed by atoms with Crippen molar-refractivity contribution in [1.29, 1.82) is 5.26 Å². The first kappa shape index (κ1) is 17.2. The van der Waals surface area contributed by atoms with Crippen molar-refractivity contribution in [3.63, 3.8) is 0 Å². The summed E-state index contributed by atoms with van der Waals surface area (Å²) in [7, 11) is 0. The van der Waals surface area contributed by atoms with E-state index in [4.69, 9.17) is 15.0 Å². The summed E-state index contributed by atoms with van der Waals surface area (Å²) in [4.78, 5) is 15.8. The minimum Gasteiger partial charge on any atom is -0.378 e. The van der Waals surface area contributed by atoms with Gasteiger partial charge < -0.3 is 15.0 Å². The van der Waals surface area contributed by atoms with Gasteiger partial charge in [0.1, 0.15) is 5.52 Å². The Labute approximate surface area is 157 Å². The molecule has 0 bridgehead atoms. The molecule has 3 heterocycles. The fourth-order valence-corrected chi connectivity index (χ4v) is 3.14. The first-order chi connectivity index (χ1) is 13.3. The van der Waals surface area contributed by atoms with Gasteiger partial charge in [-0.05, 0) is 18.2 Å². The van der Waals surface area contributed by atoms with Gasteiger partial charge in [0.15, 0.2) is 5.82 Å². The van der Waals surface area contributed by atoms with E-state index in [9.17, 15) is 0 Å². The number of morpholine rings is 1. The molecule has 1 aromatic carbocycles. The SMILES string of the molecule is N#CCCNc1nc(-c2ccc(N3CCOCC3)cc2)cc2nccnc12. The summed E-state index contributed by atoms with van der Waals surface area (Å²) < 4.78 is 5.42. The van der Waals surface area contributed by atoms with E-state index in [0.717, 1.165) is 43.1 Å². The lowest BCUT2D eigenvalue weighted by atomic mass is 10.1. The number of nitrogens with zero attached hydrogens (tertiary/aromatic N) is 5. The maximum Gasteiger partial charge on any atom is 0.154 e. The number of nitriles is 1. The highest BCUT2D eigenvalue weighted by Crippen LogP contribution is 2.27. The molecule has 4 rings (SSSR count). The Morgan fingerprint density at radius 3 is 2.67 bits per heavy atom. The number of hydrogen-bond donors (Lipinski definition) is 1. The molecule has 0 aliphatic carbocycles. The minimum absolute atomic E-state index is 0.405. The van der Waals surface area contributed by atoms with E-state index >= 15 is 0 Å². The van der Waals surface area contributed by atoms with E-state index in [1.165, 1.54) is 5.69 Å². The van der Waals surface area contributed by atoms with Gasteiger partial charge in [-0.25, -0.2) is 9.97 Å². The molecule has 27 heavy (non-hydrogen) atoms. The van der Waals surface area contributed by atoms with Crippen LogP contribution in [0.5, 0.6) is 0 Å². The molecule has 1 aliphatic rings. The van der Waals surface area contributed by atoms with Crippen molar-refractivity contribution in [2.24, 2.45) is 0 Å². The highest BCUT2D eigenvalue weighted by atomic mass is 16.5. The first-order valence-corrected chi connectivity index (χ1v) is 9.01. The van der Waals surface area contributed by atoms with E-state index in [1.807, 2.05) is 6.07 Å². The first-order valence-electron chi connectivity index (χ1n) is 9.01. The number of anilines is 2. The molecule has 1 fully saturated rings. The van der Waals surface area contributed by atoms with Crippen LogP contribution in [0.4, 0.5) is 11.5 Å². The number of nitrogens with one attached hydrogen (secondary N) is 1. The van der Waals surface area contributed by atoms with E-state index in [2.05, 4.69) is 50.5 Å². The molecule has 0 spiro atoms. The molecule has 1 N–H and O–H groups in total. The van der Waals surface area contributed by atoms with Crippen molar-refractivity contribution < 1.29 is 4.74 Å². The van der Waals surface area contributed by atoms with Gasteiger partial charge in [0, 0.05) is 43.3 Å². The summed E-state index contributed by atoms with van der Waals surface area (Å²) in [5.74, 6) is 0.656. The van der Waals surface area contributed by atoms with Crippen molar-refractivity contribution in [2.45, 2.75) is 6.42 Å². The molecule has 136 valence electrons. The van der Waals surface area contributed by atoms with Gasteiger partial charge in [0.05, 0.1) is 36.9 Å². The van der Waals surface area contributed by atoms with Gasteiger partial charge in [-0.1, -0.05) is 12.1 Å². The van der Waals surface area contributed by atoms with Gasteiger partial charge >= 0.3 is 0 Å². The van der Waals surface area contributed by atoms with E-state index in [-0.39, 0.29) is 0 Å². The second kappa shape index (κ2) is 7.98. The summed E-state index contributed by atoms with van der Waals surface area (Å²) >= 11 is 0. The molecular weight excluding hydrogens is 340 g/mol. The van der Waals surface area contributed by atoms with Crippen LogP contribution in [0.3, 0.4) is 0 Å². The predicted octanol–water partition coefficient (Wildman–Crippen LogP) is 2.85. The van der Waals surface area contributed by atoms with Crippen LogP contribution in [-0.2, 0) is 4.74 Å². The number of fused-ring (bicyclic) bond motifs is 1. The van der Waals surface area contributed by atoms with Crippen LogP contribution in [0.25, 0.3) is 22.3 Å². The largest absolute Gasteiger partial charge is 0.378 e. The highest BCUT2D eigenvalue weighted by Gasteiger charge is 2.13. The number of aromatic nitrogens is 3. The third-order valence-electron chi connectivity index (χ3n) is 4.53. The Balaban J connectivity index is 1.65. The average molecular weight is 360 g/mol. The topological polar surface area (TPSA) is 87.0 Å². The van der Waals surface area contributed by atoms with Crippen LogP contribution in [0, 0.1) is 11.3 Å². The number of hydrogen-bond acceptors (Lipinski definition) is 7. The summed E-state index contributed by atoms with van der Waals surface area (Å²) in [6.45, 7) is 3.88. The molecule has 0 atom stereocenters. The fraction of sp³-hybridized carbons (Fsp3) is 0.300. The molecule has 7 nitrogen and oxygen atoms in total. The van der Waals surface area contributed by atoms with Crippen LogP contribution in [-0.4, -0.2) is 47.8 Å². The standard InChI is InChI=1S/C20H20N6O/c21-6-1-7-24-20-19-18(22-8-9-23-19)14-17(25-20)15-2-4-16(5-3-15)26-10-12-27-13-11-26/h2-5,8-9,14H,1,7,10-13H2,(H,24,25). The Morgan fingerprint density at radius 2 is 1.89 bits per heavy atom. The molecule has 1 saturated heterocycles. The number of rotatable bonds is 5. The predicted molar refractivity (Wildman–Crippen MR) is 105 cm³/mol. The molecule has 7 heteroatoms. The fourth-order valence-electron chi connectivity index (χ4n) is 3.14. The lowest BCUT2D eigenvalue weighted by Crippen LogP contribution is -2.36. The Kier molecular flexibility index (Phi) is 5.08. The van der Waals surface area contributed by atoms with Gasteiger partial charge in [-0.2, -0.15) is 5.26 Å². The zero-order valence-corrected chi connectivity index (χ0v) is 14.9. The lowest BCUT2D eigenvalue weighted by molar-refractivity contribution is 0.122. The van der Waals surface area contributed by atoms with Crippen LogP contribution in [0.15, 0.2) is 42.7 Å². The molecule has 0 saturated carbocycles. The lowest BCUT2D eigenvalue weighted by Gasteiger charge is -2.28. The monoisotopic (exact) mass is 360 g/mol. The molecule has 2 aromatic heterocycles. The van der Waals surface area contributed by atoms with Crippen molar-refractivity contribution >= 4 is 22.5 Å². The van der Waals surface area contributed by atoms with Crippen LogP contribution in [0.2, 0.25) is 0 Å². The Hall–Kier alpha value is -3.24. The zero-order chi connectivity index (χ0) is 18.5. The number of ether oxygens (including phenoxy) is 1. The van der Waals surface area contributed by atoms with Crippen molar-refractivity contribution in [3.05, 3.63) is 42.7 Å². The Morgan fingerprint density at radius 1 is 1.11 bits per heavy atom. The molecular formula is C20H20N6O. The third kappa shape index (κ3) is 3.81. The van der Waals surface area contributed by atoms with Gasteiger partial charge in [0.25, 0.3) is 0 Å². The van der Waals surface area contributed by atoms with Crippen molar-refractivity contribution in [3.8, 4) is 17.3 Å². The average Bonchev–Trinajstić information content (AvgIpc) is 2.74. The normalized spacial score (nSPS) is 14.1. The molecule has 0 unspecified atom stereocenters. The third-order valence-corrected chi connectivity index (χ3v) is 4.53. The van der Waals surface area contributed by atoms with Crippen molar-refractivity contribution in [2.75, 3.05) is 43.1 Å². The van der Waals surface area contributed by atoms with E-state index in [0.29, 0.717) is 24.3 Å². The number of pyridine rings is 1. The van der Waals surface area contributed by atoms with Crippen LogP contribution >= 0.6 is 0 Å². The van der Waals surface area contributed by atoms with Gasteiger partial charge in [0.2, 0.25) is 0 Å². The van der Waals surface area contributed by atoms with Gasteiger partial charge in [-0.15, -0.1) is 0 Å². The Bertz CT molecular complexity index is 960. The maximum atomic E-state index is 8.77. The smallest absolute Gasteiger partial charge is 0.154 e. The molecule has 3 aromatic rings. The highest BCUT2D eigenvalue weighted by molar-refractivity contribution is 5.88. The second-order valence-corrected chi connectivity index (χ2v) is 6.26. The second-order valence-electron chi connectivity index (χ2n) is 6.26. The van der Waals surface area contributed by atoms with Crippen molar-refractivity contribution in [1.82, 2.24) is 15.0 Å². The molecule has 0 amide bonds. The van der Waals surface area contributed by atoms with Crippen LogP contribution in [0.1, 0.15) is 6.42 Å². The summed E-state index contributed by atoms with van der Waals surface area (Å²) in [6, 6.07) is 12.5. The van der Waals surface area contributed by atoms with Crippen LogP contribution < -0.4 is 10.2 Å². The zero-order valence-electron chi connectivity index (χ0n) is 14.9. The summed E-state index contributed by atoms with van der Waals surface area (Å²) in [5.41, 5.74) is 4.53. The summed E-state index contributed by atoms with van der Waals surface area (Å²) in [6.07, 6.45) is 3.73. The summed E-state index contributed by atoms with van der Waals surface area (Å²) in [5, 5.41) is 12.0.